The van der Waals surface area contributed by atoms with Gasteiger partial charge in [-0.05, 0) is 18.8 Å². The van der Waals surface area contributed by atoms with Gasteiger partial charge in [0.2, 0.25) is 0 Å². The van der Waals surface area contributed by atoms with Crippen molar-refractivity contribution >= 4 is 5.97 Å². The molecule has 88 valence electrons. The van der Waals surface area contributed by atoms with Crippen molar-refractivity contribution in [2.75, 3.05) is 0 Å². The van der Waals surface area contributed by atoms with Gasteiger partial charge in [0, 0.05) is 12.0 Å². The molecular formula is C10H19NO4. The van der Waals surface area contributed by atoms with Gasteiger partial charge < -0.3 is 21.1 Å². The van der Waals surface area contributed by atoms with Gasteiger partial charge in [-0.25, -0.2) is 4.79 Å². The third kappa shape index (κ3) is 2.48. The standard InChI is InChI=1S/C10H19NO4/c1-6(10(14,15)9(12)13)7-4-2-3-5-8(7)11/h6-8,14-15H,2-5,11H2,1H3,(H,12,13)/t6?,7?,8-/m0/s1. The van der Waals surface area contributed by atoms with Crippen LogP contribution < -0.4 is 5.73 Å². The van der Waals surface area contributed by atoms with E-state index in [0.717, 1.165) is 25.7 Å². The second-order valence-electron chi connectivity index (χ2n) is 4.43. The Kier molecular flexibility index (Phi) is 3.70. The van der Waals surface area contributed by atoms with Crippen LogP contribution in [0, 0.1) is 11.8 Å². The highest BCUT2D eigenvalue weighted by Crippen LogP contribution is 2.34. The number of hydrogen-bond donors (Lipinski definition) is 4. The molecule has 1 fully saturated rings. The van der Waals surface area contributed by atoms with Gasteiger partial charge in [0.25, 0.3) is 5.79 Å². The fourth-order valence-electron chi connectivity index (χ4n) is 2.30. The molecule has 0 aliphatic heterocycles. The van der Waals surface area contributed by atoms with Crippen LogP contribution in [0.5, 0.6) is 0 Å². The Morgan fingerprint density at radius 3 is 2.40 bits per heavy atom. The van der Waals surface area contributed by atoms with Crippen LogP contribution in [-0.2, 0) is 4.79 Å². The number of nitrogens with two attached hydrogens (primary N) is 1. The summed E-state index contributed by atoms with van der Waals surface area (Å²) in [5.41, 5.74) is 5.86. The summed E-state index contributed by atoms with van der Waals surface area (Å²) in [6.45, 7) is 1.53. The van der Waals surface area contributed by atoms with E-state index >= 15 is 0 Å². The van der Waals surface area contributed by atoms with Crippen molar-refractivity contribution in [2.45, 2.75) is 44.4 Å². The number of rotatable bonds is 3. The zero-order valence-corrected chi connectivity index (χ0v) is 8.89. The molecule has 5 N–H and O–H groups in total. The fourth-order valence-corrected chi connectivity index (χ4v) is 2.30. The van der Waals surface area contributed by atoms with E-state index in [1.54, 1.807) is 0 Å². The number of carbonyl (C=O) groups is 1. The maximum atomic E-state index is 10.7. The smallest absolute Gasteiger partial charge is 0.364 e. The largest absolute Gasteiger partial charge is 0.477 e. The SMILES string of the molecule is CC(C1CCCC[C@@H]1N)C(O)(O)C(=O)O. The average molecular weight is 217 g/mol. The van der Waals surface area contributed by atoms with Crippen LogP contribution in [0.25, 0.3) is 0 Å². The minimum atomic E-state index is -2.67. The van der Waals surface area contributed by atoms with Gasteiger partial charge in [-0.1, -0.05) is 19.8 Å². The minimum Gasteiger partial charge on any atom is -0.477 e. The summed E-state index contributed by atoms with van der Waals surface area (Å²) in [5.74, 6) is -5.15. The molecule has 15 heavy (non-hydrogen) atoms. The zero-order chi connectivity index (χ0) is 11.6. The highest BCUT2D eigenvalue weighted by molar-refractivity contribution is 5.75. The van der Waals surface area contributed by atoms with Crippen molar-refractivity contribution in [2.24, 2.45) is 17.6 Å². The molecule has 1 aliphatic carbocycles. The van der Waals surface area contributed by atoms with Crippen LogP contribution >= 0.6 is 0 Å². The van der Waals surface area contributed by atoms with Crippen LogP contribution in [0.15, 0.2) is 0 Å². The van der Waals surface area contributed by atoms with Crippen molar-refractivity contribution in [3.8, 4) is 0 Å². The Hall–Kier alpha value is -0.650. The molecule has 0 amide bonds. The molecule has 0 aromatic heterocycles. The fraction of sp³-hybridized carbons (Fsp3) is 0.900. The zero-order valence-electron chi connectivity index (χ0n) is 8.89. The number of aliphatic carboxylic acids is 1. The van der Waals surface area contributed by atoms with Gasteiger partial charge in [-0.15, -0.1) is 0 Å². The third-order valence-corrected chi connectivity index (χ3v) is 3.47. The normalized spacial score (nSPS) is 29.9. The molecule has 5 heteroatoms. The second-order valence-corrected chi connectivity index (χ2v) is 4.43. The summed E-state index contributed by atoms with van der Waals surface area (Å²) < 4.78 is 0. The molecule has 0 heterocycles. The number of aliphatic hydroxyl groups is 2. The predicted octanol–water partition coefficient (Wildman–Crippen LogP) is -0.0945. The summed E-state index contributed by atoms with van der Waals surface area (Å²) in [6.07, 6.45) is 3.59. The molecular weight excluding hydrogens is 198 g/mol. The summed E-state index contributed by atoms with van der Waals surface area (Å²) in [5, 5.41) is 27.5. The van der Waals surface area contributed by atoms with E-state index in [1.807, 2.05) is 0 Å². The van der Waals surface area contributed by atoms with E-state index in [2.05, 4.69) is 0 Å². The van der Waals surface area contributed by atoms with Crippen molar-refractivity contribution < 1.29 is 20.1 Å². The van der Waals surface area contributed by atoms with E-state index in [9.17, 15) is 15.0 Å². The van der Waals surface area contributed by atoms with Crippen molar-refractivity contribution in [1.82, 2.24) is 0 Å². The lowest BCUT2D eigenvalue weighted by Crippen LogP contribution is -2.51. The lowest BCUT2D eigenvalue weighted by molar-refractivity contribution is -0.228. The van der Waals surface area contributed by atoms with Gasteiger partial charge in [0.1, 0.15) is 0 Å². The Balaban J connectivity index is 2.73. The summed E-state index contributed by atoms with van der Waals surface area (Å²) >= 11 is 0. The average Bonchev–Trinajstić information content (AvgIpc) is 2.17. The first-order valence-corrected chi connectivity index (χ1v) is 5.31. The van der Waals surface area contributed by atoms with Crippen LogP contribution in [-0.4, -0.2) is 33.1 Å². The van der Waals surface area contributed by atoms with Crippen molar-refractivity contribution in [1.29, 1.82) is 0 Å². The molecule has 0 aromatic rings. The molecule has 1 aliphatic rings. The molecule has 0 aromatic carbocycles. The Bertz CT molecular complexity index is 242. The van der Waals surface area contributed by atoms with Crippen molar-refractivity contribution in [3.63, 3.8) is 0 Å². The maximum Gasteiger partial charge on any atom is 0.364 e. The molecule has 0 spiro atoms. The van der Waals surface area contributed by atoms with E-state index in [4.69, 9.17) is 10.8 Å². The maximum absolute atomic E-state index is 10.7. The molecule has 3 atom stereocenters. The number of carboxylic acids is 1. The lowest BCUT2D eigenvalue weighted by Gasteiger charge is -2.37. The predicted molar refractivity (Wildman–Crippen MR) is 53.9 cm³/mol. The monoisotopic (exact) mass is 217 g/mol. The van der Waals surface area contributed by atoms with E-state index in [0.29, 0.717) is 0 Å². The highest BCUT2D eigenvalue weighted by atomic mass is 16.5. The Labute approximate surface area is 88.9 Å². The quantitative estimate of drug-likeness (QED) is 0.494. The Morgan fingerprint density at radius 2 is 1.93 bits per heavy atom. The summed E-state index contributed by atoms with van der Waals surface area (Å²) in [7, 11) is 0. The second kappa shape index (κ2) is 4.47. The first-order valence-electron chi connectivity index (χ1n) is 5.31. The van der Waals surface area contributed by atoms with Crippen LogP contribution in [0.1, 0.15) is 32.6 Å². The topological polar surface area (TPSA) is 104 Å². The summed E-state index contributed by atoms with van der Waals surface area (Å²) in [4.78, 5) is 10.7. The Morgan fingerprint density at radius 1 is 1.40 bits per heavy atom. The van der Waals surface area contributed by atoms with Crippen LogP contribution in [0.4, 0.5) is 0 Å². The third-order valence-electron chi connectivity index (χ3n) is 3.47. The molecule has 0 radical (unpaired) electrons. The van der Waals surface area contributed by atoms with Crippen LogP contribution in [0.3, 0.4) is 0 Å². The highest BCUT2D eigenvalue weighted by Gasteiger charge is 2.45. The van der Waals surface area contributed by atoms with Gasteiger partial charge in [0.15, 0.2) is 0 Å². The molecule has 1 saturated carbocycles. The van der Waals surface area contributed by atoms with Gasteiger partial charge in [-0.2, -0.15) is 0 Å². The first-order chi connectivity index (χ1) is 6.87. The number of hydrogen-bond acceptors (Lipinski definition) is 4. The molecule has 2 unspecified atom stereocenters. The molecule has 0 saturated heterocycles. The van der Waals surface area contributed by atoms with E-state index in [1.165, 1.54) is 6.92 Å². The summed E-state index contributed by atoms with van der Waals surface area (Å²) in [6, 6.07) is -0.133. The van der Waals surface area contributed by atoms with E-state index < -0.39 is 17.7 Å². The van der Waals surface area contributed by atoms with Gasteiger partial charge in [0.05, 0.1) is 0 Å². The van der Waals surface area contributed by atoms with Gasteiger partial charge in [-0.3, -0.25) is 0 Å². The molecule has 1 rings (SSSR count). The first kappa shape index (κ1) is 12.4. The van der Waals surface area contributed by atoms with Gasteiger partial charge >= 0.3 is 5.97 Å². The van der Waals surface area contributed by atoms with Crippen molar-refractivity contribution in [3.05, 3.63) is 0 Å². The minimum absolute atomic E-state index is 0.133. The lowest BCUT2D eigenvalue weighted by atomic mass is 9.74. The van der Waals surface area contributed by atoms with Crippen LogP contribution in [0.2, 0.25) is 0 Å². The molecule has 5 nitrogen and oxygen atoms in total. The van der Waals surface area contributed by atoms with E-state index in [-0.39, 0.29) is 12.0 Å². The molecule has 0 bridgehead atoms. The number of carboxylic acid groups (broad SMARTS) is 1.